The van der Waals surface area contributed by atoms with Crippen LogP contribution < -0.4 is 5.73 Å². The average Bonchev–Trinajstić information content (AvgIpc) is 3.71. The third-order valence-electron chi connectivity index (χ3n) is 6.54. The quantitative estimate of drug-likeness (QED) is 0.450. The van der Waals surface area contributed by atoms with Crippen LogP contribution in [-0.4, -0.2) is 36.5 Å². The molecule has 0 bridgehead atoms. The third-order valence-corrected chi connectivity index (χ3v) is 6.54. The lowest BCUT2D eigenvalue weighted by Crippen LogP contribution is -2.18. The molecule has 37 heavy (non-hydrogen) atoms. The van der Waals surface area contributed by atoms with Crippen molar-refractivity contribution in [2.75, 3.05) is 0 Å². The molecule has 8 nitrogen and oxygen atoms in total. The Kier molecular flexibility index (Phi) is 6.82. The molecule has 1 aromatic carbocycles. The lowest BCUT2D eigenvalue weighted by Gasteiger charge is -2.12. The molecule has 1 amide bonds. The number of carbonyl (C=O) groups is 2. The number of amides is 1. The maximum Gasteiger partial charge on any atom is 0.435 e. The minimum atomic E-state index is -4.73. The van der Waals surface area contributed by atoms with E-state index >= 15 is 0 Å². The summed E-state index contributed by atoms with van der Waals surface area (Å²) in [6.07, 6.45) is -3.01. The summed E-state index contributed by atoms with van der Waals surface area (Å²) in [6.45, 7) is 0. The van der Waals surface area contributed by atoms with Gasteiger partial charge in [-0.1, -0.05) is 24.3 Å². The summed E-state index contributed by atoms with van der Waals surface area (Å²) >= 11 is 0. The lowest BCUT2D eigenvalue weighted by atomic mass is 9.95. The smallest absolute Gasteiger partial charge is 0.435 e. The molecular weight excluding hydrogens is 501 g/mol. The molecule has 2 fully saturated rings. The molecule has 2 aromatic heterocycles. The summed E-state index contributed by atoms with van der Waals surface area (Å²) in [6, 6.07) is 7.33. The van der Waals surface area contributed by atoms with Gasteiger partial charge in [-0.25, -0.2) is 13.6 Å². The number of carboxylic acids is 1. The SMILES string of the molecule is Cn1cc(C(=O)O)c(C(F)F)n1.Cn1nc(C(F)(F)F)c(C(N)=O)c1-c1ccccc1C1CC1C1CC1. The van der Waals surface area contributed by atoms with Gasteiger partial charge in [0.05, 0.1) is 11.3 Å². The van der Waals surface area contributed by atoms with Gasteiger partial charge in [0.2, 0.25) is 0 Å². The molecule has 13 heteroatoms. The number of carbonyl (C=O) groups excluding carboxylic acids is 1. The summed E-state index contributed by atoms with van der Waals surface area (Å²) in [5.74, 6) is -0.814. The molecule has 0 aliphatic heterocycles. The fourth-order valence-electron chi connectivity index (χ4n) is 4.75. The number of hydrogen-bond acceptors (Lipinski definition) is 4. The third kappa shape index (κ3) is 5.35. The number of halogens is 5. The highest BCUT2D eigenvalue weighted by Gasteiger charge is 2.49. The predicted octanol–water partition coefficient (Wildman–Crippen LogP) is 4.77. The van der Waals surface area contributed by atoms with Gasteiger partial charge in [0, 0.05) is 25.9 Å². The molecule has 2 atom stereocenters. The second-order valence-electron chi connectivity index (χ2n) is 9.20. The van der Waals surface area contributed by atoms with Crippen molar-refractivity contribution in [2.24, 2.45) is 31.7 Å². The summed E-state index contributed by atoms with van der Waals surface area (Å²) in [7, 11) is 2.80. The Morgan fingerprint density at radius 3 is 2.30 bits per heavy atom. The van der Waals surface area contributed by atoms with Gasteiger partial charge in [0.25, 0.3) is 12.3 Å². The highest BCUT2D eigenvalue weighted by Crippen LogP contribution is 2.60. The minimum Gasteiger partial charge on any atom is -0.478 e. The van der Waals surface area contributed by atoms with Crippen LogP contribution in [0.4, 0.5) is 22.0 Å². The van der Waals surface area contributed by atoms with Crippen molar-refractivity contribution >= 4 is 11.9 Å². The molecule has 0 spiro atoms. The number of aromatic nitrogens is 4. The molecule has 2 unspecified atom stereocenters. The Morgan fingerprint density at radius 2 is 1.78 bits per heavy atom. The van der Waals surface area contributed by atoms with E-state index in [-0.39, 0.29) is 5.69 Å². The number of nitrogens with two attached hydrogens (primary N) is 1. The molecular formula is C24H24F5N5O3. The first-order valence-corrected chi connectivity index (χ1v) is 11.4. The Balaban J connectivity index is 0.000000225. The largest absolute Gasteiger partial charge is 0.478 e. The first-order chi connectivity index (χ1) is 17.3. The van der Waals surface area contributed by atoms with E-state index in [0.29, 0.717) is 17.4 Å². The second kappa shape index (κ2) is 9.60. The topological polar surface area (TPSA) is 116 Å². The average molecular weight is 525 g/mol. The molecule has 3 N–H and O–H groups in total. The Hall–Kier alpha value is -3.77. The minimum absolute atomic E-state index is 0.150. The summed E-state index contributed by atoms with van der Waals surface area (Å²) in [5.41, 5.74) is 4.14. The van der Waals surface area contributed by atoms with Crippen molar-refractivity contribution in [3.8, 4) is 11.3 Å². The number of nitrogens with zero attached hydrogens (tertiary/aromatic N) is 4. The highest BCUT2D eigenvalue weighted by atomic mass is 19.4. The zero-order chi connectivity index (χ0) is 27.2. The van der Waals surface area contributed by atoms with Gasteiger partial charge in [-0.3, -0.25) is 14.2 Å². The summed E-state index contributed by atoms with van der Waals surface area (Å²) in [5, 5.41) is 15.3. The zero-order valence-corrected chi connectivity index (χ0v) is 19.8. The van der Waals surface area contributed by atoms with E-state index in [1.165, 1.54) is 26.9 Å². The molecule has 0 saturated heterocycles. The number of rotatable bonds is 6. The first-order valence-electron chi connectivity index (χ1n) is 11.4. The molecule has 2 aliphatic rings. The van der Waals surface area contributed by atoms with Gasteiger partial charge in [0.1, 0.15) is 11.3 Å². The van der Waals surface area contributed by atoms with Crippen molar-refractivity contribution in [3.05, 3.63) is 58.5 Å². The maximum absolute atomic E-state index is 13.3. The van der Waals surface area contributed by atoms with Gasteiger partial charge >= 0.3 is 12.1 Å². The van der Waals surface area contributed by atoms with Crippen LogP contribution in [0.3, 0.4) is 0 Å². The number of aromatic carboxylic acids is 1. The van der Waals surface area contributed by atoms with Crippen LogP contribution in [0.1, 0.15) is 69.3 Å². The lowest BCUT2D eigenvalue weighted by molar-refractivity contribution is -0.141. The number of hydrogen-bond donors (Lipinski definition) is 2. The fourth-order valence-corrected chi connectivity index (χ4v) is 4.75. The Labute approximate surface area is 207 Å². The van der Waals surface area contributed by atoms with Crippen LogP contribution in [0.15, 0.2) is 30.5 Å². The van der Waals surface area contributed by atoms with Gasteiger partial charge in [-0.05, 0) is 42.6 Å². The summed E-state index contributed by atoms with van der Waals surface area (Å²) in [4.78, 5) is 22.2. The van der Waals surface area contributed by atoms with Crippen LogP contribution in [0.2, 0.25) is 0 Å². The fraction of sp³-hybridized carbons (Fsp3) is 0.417. The van der Waals surface area contributed by atoms with E-state index in [2.05, 4.69) is 10.2 Å². The molecule has 0 radical (unpaired) electrons. The molecule has 198 valence electrons. The Bertz CT molecular complexity index is 1340. The van der Waals surface area contributed by atoms with Gasteiger partial charge < -0.3 is 10.8 Å². The highest BCUT2D eigenvalue weighted by molar-refractivity contribution is 6.00. The van der Waals surface area contributed by atoms with E-state index < -0.39 is 47.0 Å². The number of benzene rings is 1. The van der Waals surface area contributed by atoms with Crippen LogP contribution in [0.5, 0.6) is 0 Å². The molecule has 5 rings (SSSR count). The van der Waals surface area contributed by atoms with Crippen molar-refractivity contribution in [3.63, 3.8) is 0 Å². The molecule has 2 saturated carbocycles. The van der Waals surface area contributed by atoms with Crippen molar-refractivity contribution in [1.29, 1.82) is 0 Å². The van der Waals surface area contributed by atoms with Crippen LogP contribution in [0.25, 0.3) is 11.3 Å². The first kappa shape index (κ1) is 26.3. The van der Waals surface area contributed by atoms with E-state index in [1.807, 2.05) is 12.1 Å². The van der Waals surface area contributed by atoms with E-state index in [0.717, 1.165) is 33.5 Å². The zero-order valence-electron chi connectivity index (χ0n) is 19.8. The van der Waals surface area contributed by atoms with Gasteiger partial charge in [-0.15, -0.1) is 0 Å². The van der Waals surface area contributed by atoms with E-state index in [9.17, 15) is 31.5 Å². The maximum atomic E-state index is 13.3. The van der Waals surface area contributed by atoms with E-state index in [1.54, 1.807) is 12.1 Å². The van der Waals surface area contributed by atoms with Gasteiger partial charge in [-0.2, -0.15) is 23.4 Å². The van der Waals surface area contributed by atoms with Crippen LogP contribution in [-0.2, 0) is 20.3 Å². The standard InChI is InChI=1S/C18H18F3N3O.C6H6F2N2O2/c1-24-15(14(17(22)25)16(23-24)18(19,20)21)11-5-3-2-4-10(11)13-8-12(13)9-6-7-9;1-10-2-3(6(11)12)4(9-10)5(7)8/h2-5,9,12-13H,6-8H2,1H3,(H2,22,25);2,5H,1H3,(H,11,12). The number of primary amides is 1. The number of aryl methyl sites for hydroxylation is 2. The Morgan fingerprint density at radius 1 is 1.14 bits per heavy atom. The monoisotopic (exact) mass is 525 g/mol. The van der Waals surface area contributed by atoms with E-state index in [4.69, 9.17) is 10.8 Å². The van der Waals surface area contributed by atoms with Crippen molar-refractivity contribution in [2.45, 2.75) is 37.8 Å². The predicted molar refractivity (Wildman–Crippen MR) is 121 cm³/mol. The normalized spacial score (nSPS) is 18.9. The van der Waals surface area contributed by atoms with Gasteiger partial charge in [0.15, 0.2) is 5.69 Å². The van der Waals surface area contributed by atoms with Crippen LogP contribution in [0, 0.1) is 11.8 Å². The second-order valence-corrected chi connectivity index (χ2v) is 9.20. The molecule has 2 heterocycles. The van der Waals surface area contributed by atoms with Crippen LogP contribution >= 0.6 is 0 Å². The number of alkyl halides is 5. The summed E-state index contributed by atoms with van der Waals surface area (Å²) < 4.78 is 66.1. The van der Waals surface area contributed by atoms with Crippen molar-refractivity contribution < 1.29 is 36.6 Å². The van der Waals surface area contributed by atoms with Crippen molar-refractivity contribution in [1.82, 2.24) is 19.6 Å². The molecule has 2 aliphatic carbocycles. The molecule has 3 aromatic rings. The number of carboxylic acid groups (broad SMARTS) is 1.